The molecule has 96 valence electrons. The molecule has 1 aromatic rings. The normalized spacial score (nSPS) is 13.3. The Morgan fingerprint density at radius 3 is 3.11 bits per heavy atom. The van der Waals surface area contributed by atoms with Gasteiger partial charge in [0.25, 0.3) is 0 Å². The van der Waals surface area contributed by atoms with Crippen LogP contribution in [0.25, 0.3) is 0 Å². The fourth-order valence-corrected chi connectivity index (χ4v) is 1.54. The number of rotatable bonds is 4. The highest BCUT2D eigenvalue weighted by Gasteiger charge is 2.07. The summed E-state index contributed by atoms with van der Waals surface area (Å²) in [6.07, 6.45) is 0.188. The van der Waals surface area contributed by atoms with Crippen LogP contribution >= 0.6 is 0 Å². The quantitative estimate of drug-likeness (QED) is 0.632. The number of carbonyl (C=O) groups excluding carboxylic acids is 1. The van der Waals surface area contributed by atoms with Gasteiger partial charge in [-0.05, 0) is 24.6 Å². The van der Waals surface area contributed by atoms with Crippen LogP contribution in [-0.2, 0) is 11.2 Å². The summed E-state index contributed by atoms with van der Waals surface area (Å²) in [6, 6.07) is 7.51. The van der Waals surface area contributed by atoms with Gasteiger partial charge < -0.3 is 4.74 Å². The predicted molar refractivity (Wildman–Crippen MR) is 67.6 cm³/mol. The average molecular weight is 249 g/mol. The first kappa shape index (κ1) is 12.2. The van der Waals surface area contributed by atoms with Gasteiger partial charge in [-0.25, -0.2) is 10.3 Å². The molecule has 1 aromatic carbocycles. The van der Waals surface area contributed by atoms with Gasteiger partial charge in [0.1, 0.15) is 5.84 Å². The van der Waals surface area contributed by atoms with Gasteiger partial charge in [-0.15, -0.1) is 10.6 Å². The van der Waals surface area contributed by atoms with Crippen molar-refractivity contribution in [3.05, 3.63) is 29.8 Å². The number of anilines is 1. The number of nitrogens with one attached hydrogen (secondary N) is 4. The molecular weight excluding hydrogens is 234 g/mol. The van der Waals surface area contributed by atoms with Crippen LogP contribution in [0.15, 0.2) is 29.4 Å². The van der Waals surface area contributed by atoms with Gasteiger partial charge in [0.2, 0.25) is 0 Å². The number of amides is 1. The first-order valence-electron chi connectivity index (χ1n) is 5.63. The van der Waals surface area contributed by atoms with E-state index < -0.39 is 6.09 Å². The molecule has 0 aliphatic carbocycles. The zero-order valence-electron chi connectivity index (χ0n) is 9.99. The molecule has 7 heteroatoms. The number of hydrogen-bond acceptors (Lipinski definition) is 6. The van der Waals surface area contributed by atoms with E-state index in [2.05, 4.69) is 26.9 Å². The zero-order chi connectivity index (χ0) is 12.8. The minimum absolute atomic E-state index is 0.351. The summed E-state index contributed by atoms with van der Waals surface area (Å²) < 4.78 is 4.81. The summed E-state index contributed by atoms with van der Waals surface area (Å²) in [6.45, 7) is 2.11. The Labute approximate surface area is 105 Å². The van der Waals surface area contributed by atoms with Gasteiger partial charge in [-0.2, -0.15) is 0 Å². The van der Waals surface area contributed by atoms with Crippen LogP contribution in [0.4, 0.5) is 10.5 Å². The van der Waals surface area contributed by atoms with E-state index in [1.807, 2.05) is 18.2 Å². The molecule has 0 saturated carbocycles. The molecule has 0 saturated heterocycles. The van der Waals surface area contributed by atoms with E-state index >= 15 is 0 Å². The molecule has 0 atom stereocenters. The van der Waals surface area contributed by atoms with Crippen molar-refractivity contribution < 1.29 is 9.53 Å². The summed E-state index contributed by atoms with van der Waals surface area (Å²) in [5.74, 6) is 0.781. The summed E-state index contributed by atoms with van der Waals surface area (Å²) >= 11 is 0. The topological polar surface area (TPSA) is 86.8 Å². The third-order valence-electron chi connectivity index (χ3n) is 2.27. The van der Waals surface area contributed by atoms with E-state index in [-0.39, 0.29) is 0 Å². The van der Waals surface area contributed by atoms with Crippen LogP contribution in [0.2, 0.25) is 0 Å². The van der Waals surface area contributed by atoms with E-state index in [1.54, 1.807) is 13.0 Å². The number of hydrazine groups is 2. The number of ether oxygens (including phenoxy) is 1. The Morgan fingerprint density at radius 2 is 2.39 bits per heavy atom. The van der Waals surface area contributed by atoms with E-state index in [0.717, 1.165) is 11.4 Å². The number of nitrogens with zero attached hydrogens (tertiary/aromatic N) is 1. The lowest BCUT2D eigenvalue weighted by atomic mass is 10.1. The van der Waals surface area contributed by atoms with Gasteiger partial charge in [0.15, 0.2) is 0 Å². The molecule has 0 spiro atoms. The number of hydrogen-bond donors (Lipinski definition) is 4. The van der Waals surface area contributed by atoms with Gasteiger partial charge >= 0.3 is 6.09 Å². The lowest BCUT2D eigenvalue weighted by Gasteiger charge is -2.07. The number of amidine groups is 1. The summed E-state index contributed by atoms with van der Waals surface area (Å²) in [5, 5.41) is 6.64. The first-order valence-corrected chi connectivity index (χ1v) is 5.63. The summed E-state index contributed by atoms with van der Waals surface area (Å²) in [5.41, 5.74) is 9.85. The zero-order valence-corrected chi connectivity index (χ0v) is 9.99. The second kappa shape index (κ2) is 5.87. The van der Waals surface area contributed by atoms with Crippen LogP contribution < -0.4 is 21.8 Å². The van der Waals surface area contributed by atoms with E-state index in [9.17, 15) is 4.79 Å². The molecule has 4 N–H and O–H groups in total. The molecule has 0 aromatic heterocycles. The number of hydrazone groups is 1. The van der Waals surface area contributed by atoms with Gasteiger partial charge in [0.05, 0.1) is 6.61 Å². The molecule has 0 unspecified atom stereocenters. The smallest absolute Gasteiger partial charge is 0.411 e. The van der Waals surface area contributed by atoms with Crippen molar-refractivity contribution in [2.45, 2.75) is 13.3 Å². The lowest BCUT2D eigenvalue weighted by Crippen LogP contribution is -2.35. The molecule has 1 aliphatic rings. The standard InChI is InChI=1S/C11H15N5O2/c1-2-18-11(17)12-9-5-3-4-8(6-9)7-10-13-15-16-14-10/h3-6,15-16H,2,7H2,1H3,(H,12,17)(H,13,14). The van der Waals surface area contributed by atoms with E-state index in [4.69, 9.17) is 4.74 Å². The molecule has 18 heavy (non-hydrogen) atoms. The molecule has 0 radical (unpaired) electrons. The van der Waals surface area contributed by atoms with Gasteiger partial charge in [-0.3, -0.25) is 10.7 Å². The SMILES string of the molecule is CCOC(=O)Nc1cccc(CC2=NNNN2)c1. The Kier molecular flexibility index (Phi) is 3.98. The van der Waals surface area contributed by atoms with Crippen molar-refractivity contribution >= 4 is 17.6 Å². The highest BCUT2D eigenvalue weighted by molar-refractivity contribution is 5.86. The van der Waals surface area contributed by atoms with E-state index in [0.29, 0.717) is 18.7 Å². The summed E-state index contributed by atoms with van der Waals surface area (Å²) in [7, 11) is 0. The monoisotopic (exact) mass is 249 g/mol. The van der Waals surface area contributed by atoms with Crippen LogP contribution in [0, 0.1) is 0 Å². The Balaban J connectivity index is 1.98. The maximum Gasteiger partial charge on any atom is 0.411 e. The molecule has 7 nitrogen and oxygen atoms in total. The predicted octanol–water partition coefficient (Wildman–Crippen LogP) is 0.723. The fourth-order valence-electron chi connectivity index (χ4n) is 1.54. The van der Waals surface area contributed by atoms with Gasteiger partial charge in [0, 0.05) is 12.1 Å². The van der Waals surface area contributed by atoms with E-state index in [1.165, 1.54) is 0 Å². The summed E-state index contributed by atoms with van der Waals surface area (Å²) in [4.78, 5) is 11.3. The van der Waals surface area contributed by atoms with Crippen molar-refractivity contribution in [3.8, 4) is 0 Å². The number of benzene rings is 1. The second-order valence-electron chi connectivity index (χ2n) is 3.64. The van der Waals surface area contributed by atoms with Crippen molar-refractivity contribution in [1.82, 2.24) is 16.5 Å². The maximum absolute atomic E-state index is 11.3. The molecular formula is C11H15N5O2. The van der Waals surface area contributed by atoms with Crippen LogP contribution in [0.5, 0.6) is 0 Å². The molecule has 1 aliphatic heterocycles. The van der Waals surface area contributed by atoms with Crippen molar-refractivity contribution in [3.63, 3.8) is 0 Å². The molecule has 0 fully saturated rings. The van der Waals surface area contributed by atoms with Crippen molar-refractivity contribution in [2.24, 2.45) is 5.10 Å². The average Bonchev–Trinajstić information content (AvgIpc) is 2.82. The van der Waals surface area contributed by atoms with Crippen LogP contribution in [0.1, 0.15) is 12.5 Å². The molecule has 2 rings (SSSR count). The molecule has 1 heterocycles. The third-order valence-corrected chi connectivity index (χ3v) is 2.27. The largest absolute Gasteiger partial charge is 0.450 e. The van der Waals surface area contributed by atoms with Crippen LogP contribution in [0.3, 0.4) is 0 Å². The first-order chi connectivity index (χ1) is 8.78. The minimum atomic E-state index is -0.450. The highest BCUT2D eigenvalue weighted by Crippen LogP contribution is 2.12. The van der Waals surface area contributed by atoms with Crippen LogP contribution in [-0.4, -0.2) is 18.5 Å². The Morgan fingerprint density at radius 1 is 1.50 bits per heavy atom. The molecule has 0 bridgehead atoms. The third kappa shape index (κ3) is 3.36. The van der Waals surface area contributed by atoms with Crippen molar-refractivity contribution in [1.29, 1.82) is 0 Å². The highest BCUT2D eigenvalue weighted by atomic mass is 16.5. The second-order valence-corrected chi connectivity index (χ2v) is 3.64. The maximum atomic E-state index is 11.3. The fraction of sp³-hybridized carbons (Fsp3) is 0.273. The molecule has 1 amide bonds. The van der Waals surface area contributed by atoms with Crippen molar-refractivity contribution in [2.75, 3.05) is 11.9 Å². The minimum Gasteiger partial charge on any atom is -0.450 e. The van der Waals surface area contributed by atoms with Gasteiger partial charge in [-0.1, -0.05) is 12.1 Å². The number of carbonyl (C=O) groups is 1. The Bertz CT molecular complexity index is 461. The lowest BCUT2D eigenvalue weighted by molar-refractivity contribution is 0.168. The Hall–Kier alpha value is -2.28.